The van der Waals surface area contributed by atoms with Crippen LogP contribution in [0.4, 0.5) is 0 Å². The Morgan fingerprint density at radius 2 is 1.55 bits per heavy atom. The molecule has 0 bridgehead atoms. The second-order valence-corrected chi connectivity index (χ2v) is 8.06. The van der Waals surface area contributed by atoms with Crippen molar-refractivity contribution in [1.29, 1.82) is 0 Å². The number of nitrogens with zero attached hydrogens (tertiary/aromatic N) is 1. The van der Waals surface area contributed by atoms with Gasteiger partial charge in [-0.2, -0.15) is 5.10 Å². The van der Waals surface area contributed by atoms with Crippen LogP contribution in [0.1, 0.15) is 32.7 Å². The molecule has 0 saturated carbocycles. The summed E-state index contributed by atoms with van der Waals surface area (Å²) in [5, 5.41) is 6.88. The summed E-state index contributed by atoms with van der Waals surface area (Å²) < 4.78 is 21.2. The van der Waals surface area contributed by atoms with E-state index in [0.29, 0.717) is 27.6 Å². The zero-order valence-corrected chi connectivity index (χ0v) is 21.7. The summed E-state index contributed by atoms with van der Waals surface area (Å²) in [6, 6.07) is 16.1. The summed E-state index contributed by atoms with van der Waals surface area (Å²) in [5.74, 6) is -0.0116. The summed E-state index contributed by atoms with van der Waals surface area (Å²) in [5.41, 5.74) is 3.57. The molecule has 0 unspecified atom stereocenters. The van der Waals surface area contributed by atoms with Crippen LogP contribution in [-0.2, 0) is 4.79 Å². The number of nitrogens with one attached hydrogen (secondary N) is 2. The number of hydrazone groups is 1. The number of ether oxygens (including phenoxy) is 4. The van der Waals surface area contributed by atoms with Gasteiger partial charge >= 0.3 is 5.97 Å². The topological polar surface area (TPSA) is 125 Å². The van der Waals surface area contributed by atoms with Crippen LogP contribution in [0.2, 0.25) is 5.02 Å². The number of amides is 2. The normalized spacial score (nSPS) is 10.5. The highest BCUT2D eigenvalue weighted by Crippen LogP contribution is 2.31. The third kappa shape index (κ3) is 7.47. The van der Waals surface area contributed by atoms with E-state index in [1.165, 1.54) is 33.6 Å². The highest BCUT2D eigenvalue weighted by Gasteiger charge is 2.16. The average molecular weight is 540 g/mol. The third-order valence-corrected chi connectivity index (χ3v) is 5.50. The highest BCUT2D eigenvalue weighted by atomic mass is 35.5. The first-order valence-corrected chi connectivity index (χ1v) is 11.7. The molecule has 0 aromatic heterocycles. The molecular weight excluding hydrogens is 514 g/mol. The van der Waals surface area contributed by atoms with Crippen LogP contribution < -0.4 is 29.7 Å². The van der Waals surface area contributed by atoms with Gasteiger partial charge < -0.3 is 24.3 Å². The number of carbonyl (C=O) groups excluding carboxylic acids is 3. The minimum Gasteiger partial charge on any atom is -0.493 e. The van der Waals surface area contributed by atoms with Gasteiger partial charge in [0.15, 0.2) is 23.0 Å². The molecule has 38 heavy (non-hydrogen) atoms. The van der Waals surface area contributed by atoms with Crippen molar-refractivity contribution in [2.75, 3.05) is 27.9 Å². The molecule has 0 aliphatic heterocycles. The van der Waals surface area contributed by atoms with Crippen LogP contribution in [0.3, 0.4) is 0 Å². The van der Waals surface area contributed by atoms with Crippen molar-refractivity contribution >= 4 is 35.6 Å². The Hall–Kier alpha value is -4.57. The number of carbonyl (C=O) groups is 3. The van der Waals surface area contributed by atoms with Crippen LogP contribution in [0.15, 0.2) is 65.8 Å². The van der Waals surface area contributed by atoms with E-state index >= 15 is 0 Å². The van der Waals surface area contributed by atoms with Crippen molar-refractivity contribution in [2.24, 2.45) is 5.10 Å². The van der Waals surface area contributed by atoms with Crippen LogP contribution >= 0.6 is 11.6 Å². The Kier molecular flexibility index (Phi) is 10.1. The van der Waals surface area contributed by atoms with Crippen molar-refractivity contribution in [1.82, 2.24) is 10.7 Å². The quantitative estimate of drug-likeness (QED) is 0.164. The first kappa shape index (κ1) is 28.0. The van der Waals surface area contributed by atoms with Crippen LogP contribution in [0, 0.1) is 0 Å². The predicted molar refractivity (Wildman–Crippen MR) is 142 cm³/mol. The van der Waals surface area contributed by atoms with Gasteiger partial charge in [0.2, 0.25) is 5.91 Å². The molecule has 3 aromatic carbocycles. The van der Waals surface area contributed by atoms with Gasteiger partial charge in [-0.05, 0) is 54.1 Å². The SMILES string of the molecule is COc1ccc(C(=O)Oc2ccc(/C=N\NC(=O)CCNC(=O)c3ccccc3Cl)cc2OC)cc1OC. The Bertz CT molecular complexity index is 1340. The molecule has 198 valence electrons. The summed E-state index contributed by atoms with van der Waals surface area (Å²) in [7, 11) is 4.40. The molecule has 0 saturated heterocycles. The zero-order valence-electron chi connectivity index (χ0n) is 20.9. The molecule has 0 radical (unpaired) electrons. The Labute approximate surface area is 224 Å². The lowest BCUT2D eigenvalue weighted by Crippen LogP contribution is -2.29. The van der Waals surface area contributed by atoms with Gasteiger partial charge in [-0.1, -0.05) is 23.7 Å². The van der Waals surface area contributed by atoms with Crippen molar-refractivity contribution in [3.8, 4) is 23.0 Å². The predicted octanol–water partition coefficient (Wildman–Crippen LogP) is 3.86. The van der Waals surface area contributed by atoms with E-state index in [1.54, 1.807) is 54.6 Å². The first-order chi connectivity index (χ1) is 18.4. The lowest BCUT2D eigenvalue weighted by molar-refractivity contribution is -0.120. The Morgan fingerprint density at radius 3 is 2.26 bits per heavy atom. The molecule has 0 spiro atoms. The minimum atomic E-state index is -0.612. The van der Waals surface area contributed by atoms with Crippen LogP contribution in [0.25, 0.3) is 0 Å². The fraction of sp³-hybridized carbons (Fsp3) is 0.185. The number of halogens is 1. The molecule has 0 heterocycles. The molecule has 2 N–H and O–H groups in total. The molecule has 11 heteroatoms. The van der Waals surface area contributed by atoms with E-state index in [2.05, 4.69) is 15.8 Å². The highest BCUT2D eigenvalue weighted by molar-refractivity contribution is 6.33. The number of hydrogen-bond donors (Lipinski definition) is 2. The molecule has 10 nitrogen and oxygen atoms in total. The van der Waals surface area contributed by atoms with Crippen molar-refractivity contribution < 1.29 is 33.3 Å². The Morgan fingerprint density at radius 1 is 0.868 bits per heavy atom. The monoisotopic (exact) mass is 539 g/mol. The van der Waals surface area contributed by atoms with Crippen LogP contribution in [0.5, 0.6) is 23.0 Å². The summed E-state index contributed by atoms with van der Waals surface area (Å²) in [6.07, 6.45) is 1.42. The van der Waals surface area contributed by atoms with E-state index in [4.69, 9.17) is 30.5 Å². The molecule has 0 aliphatic rings. The van der Waals surface area contributed by atoms with Crippen molar-refractivity contribution in [2.45, 2.75) is 6.42 Å². The maximum absolute atomic E-state index is 12.6. The molecule has 3 aromatic rings. The van der Waals surface area contributed by atoms with Gasteiger partial charge in [0.25, 0.3) is 5.91 Å². The maximum atomic E-state index is 12.6. The molecule has 0 fully saturated rings. The summed E-state index contributed by atoms with van der Waals surface area (Å²) in [6.45, 7) is 0.110. The molecule has 0 aliphatic carbocycles. The smallest absolute Gasteiger partial charge is 0.343 e. The zero-order chi connectivity index (χ0) is 27.5. The lowest BCUT2D eigenvalue weighted by atomic mass is 10.2. The average Bonchev–Trinajstić information content (AvgIpc) is 2.93. The van der Waals surface area contributed by atoms with Gasteiger partial charge in [0.05, 0.1) is 43.7 Å². The van der Waals surface area contributed by atoms with Gasteiger partial charge in [-0.3, -0.25) is 9.59 Å². The lowest BCUT2D eigenvalue weighted by Gasteiger charge is -2.11. The van der Waals surface area contributed by atoms with Gasteiger partial charge in [0, 0.05) is 13.0 Å². The van der Waals surface area contributed by atoms with E-state index < -0.39 is 11.9 Å². The molecular formula is C27H26ClN3O7. The fourth-order valence-electron chi connectivity index (χ4n) is 3.24. The second kappa shape index (κ2) is 13.7. The number of methoxy groups -OCH3 is 3. The van der Waals surface area contributed by atoms with E-state index in [0.717, 1.165) is 0 Å². The fourth-order valence-corrected chi connectivity index (χ4v) is 3.46. The molecule has 0 atom stereocenters. The number of benzene rings is 3. The third-order valence-electron chi connectivity index (χ3n) is 5.17. The summed E-state index contributed by atoms with van der Waals surface area (Å²) >= 11 is 5.99. The summed E-state index contributed by atoms with van der Waals surface area (Å²) in [4.78, 5) is 36.8. The van der Waals surface area contributed by atoms with Gasteiger partial charge in [-0.15, -0.1) is 0 Å². The van der Waals surface area contributed by atoms with Crippen molar-refractivity contribution in [3.05, 3.63) is 82.4 Å². The second-order valence-electron chi connectivity index (χ2n) is 7.65. The minimum absolute atomic E-state index is 0.0158. The number of esters is 1. The standard InChI is InChI=1S/C27H26ClN3O7/c1-35-21-11-9-18(15-24(21)37-3)27(34)38-22-10-8-17(14-23(22)36-2)16-30-31-25(32)12-13-29-26(33)19-6-4-5-7-20(19)28/h4-11,14-16H,12-13H2,1-3H3,(H,29,33)(H,31,32)/b30-16-. The van der Waals surface area contributed by atoms with E-state index in [1.807, 2.05) is 0 Å². The largest absolute Gasteiger partial charge is 0.493 e. The Balaban J connectivity index is 1.53. The molecule has 2 amide bonds. The van der Waals surface area contributed by atoms with Crippen LogP contribution in [-0.4, -0.2) is 51.9 Å². The molecule has 3 rings (SSSR count). The van der Waals surface area contributed by atoms with Crippen molar-refractivity contribution in [3.63, 3.8) is 0 Å². The van der Waals surface area contributed by atoms with Gasteiger partial charge in [-0.25, -0.2) is 10.2 Å². The number of hydrogen-bond acceptors (Lipinski definition) is 8. The number of rotatable bonds is 11. The first-order valence-electron chi connectivity index (χ1n) is 11.3. The maximum Gasteiger partial charge on any atom is 0.343 e. The van der Waals surface area contributed by atoms with E-state index in [9.17, 15) is 14.4 Å². The van der Waals surface area contributed by atoms with E-state index in [-0.39, 0.29) is 35.9 Å². The van der Waals surface area contributed by atoms with Gasteiger partial charge in [0.1, 0.15) is 0 Å².